The molecule has 1 rings (SSSR count). The van der Waals surface area contributed by atoms with Crippen LogP contribution in [0.2, 0.25) is 0 Å². The van der Waals surface area contributed by atoms with E-state index in [1.807, 2.05) is 0 Å². The second-order valence-corrected chi connectivity index (χ2v) is 34.1. The summed E-state index contributed by atoms with van der Waals surface area (Å²) in [5.74, 6) is -8.33. The molecule has 14 N–H and O–H groups in total. The van der Waals surface area contributed by atoms with Crippen LogP contribution < -0.4 is 37.6 Å². The van der Waals surface area contributed by atoms with Crippen molar-refractivity contribution in [2.24, 2.45) is 5.73 Å². The normalized spacial score (nSPS) is 19.8. The summed E-state index contributed by atoms with van der Waals surface area (Å²) in [7, 11) is -11.1. The van der Waals surface area contributed by atoms with Crippen molar-refractivity contribution in [2.75, 3.05) is 19.8 Å². The van der Waals surface area contributed by atoms with Gasteiger partial charge in [-0.2, -0.15) is 4.31 Å². The van der Waals surface area contributed by atoms with Gasteiger partial charge in [0.25, 0.3) is 0 Å². The molecule has 658 valence electrons. The van der Waals surface area contributed by atoms with Crippen molar-refractivity contribution >= 4 is 63.0 Å². The number of aliphatic hydroxyl groups is 2. The molecule has 1 saturated heterocycles. The molecular formula is C86H143N7O21P2. The van der Waals surface area contributed by atoms with E-state index in [1.165, 1.54) is 75.7 Å². The smallest absolute Gasteiger partial charge is 0.480 e. The summed E-state index contributed by atoms with van der Waals surface area (Å²) in [4.78, 5) is 123. The fraction of sp³-hybridized carbons (Fsp3) is 0.651. The van der Waals surface area contributed by atoms with E-state index in [-0.39, 0.29) is 13.0 Å². The molecule has 30 heteroatoms. The molecule has 0 aromatic heterocycles. The molecule has 0 aromatic rings. The molecule has 13 atom stereocenters. The predicted molar refractivity (Wildman–Crippen MR) is 455 cm³/mol. The topological polar surface area (TPSA) is 436 Å². The highest BCUT2D eigenvalue weighted by molar-refractivity contribution is 7.61. The summed E-state index contributed by atoms with van der Waals surface area (Å²) in [5.41, 5.74) is 20.5. The second-order valence-electron chi connectivity index (χ2n) is 31.1. The largest absolute Gasteiger partial charge is 0.483 e. The van der Waals surface area contributed by atoms with Crippen LogP contribution in [0.3, 0.4) is 0 Å². The van der Waals surface area contributed by atoms with Gasteiger partial charge in [0.05, 0.1) is 13.2 Å². The maximum Gasteiger partial charge on any atom is 0.483 e. The maximum absolute atomic E-state index is 13.5. The number of carboxylic acid groups (broad SMARTS) is 2. The van der Waals surface area contributed by atoms with Gasteiger partial charge in [-0.15, -0.1) is 0 Å². The minimum Gasteiger partial charge on any atom is -0.480 e. The first-order valence-corrected chi connectivity index (χ1v) is 43.9. The Morgan fingerprint density at radius 2 is 0.819 bits per heavy atom. The van der Waals surface area contributed by atoms with Crippen molar-refractivity contribution in [2.45, 2.75) is 345 Å². The Bertz CT molecular complexity index is 3590. The van der Waals surface area contributed by atoms with Gasteiger partial charge in [0, 0.05) is 13.3 Å². The molecule has 13 unspecified atom stereocenters. The quantitative estimate of drug-likeness (QED) is 0.0153. The van der Waals surface area contributed by atoms with E-state index in [0.29, 0.717) is 25.7 Å². The lowest BCUT2D eigenvalue weighted by Crippen LogP contribution is -2.66. The number of carbonyl (C=O) groups is 8. The van der Waals surface area contributed by atoms with Crippen LogP contribution in [0.5, 0.6) is 0 Å². The number of aliphatic carboxylic acids is 2. The number of nitrogens with one attached hydrogen (secondary N) is 6. The number of nitrogens with two attached hydrogens (primary N) is 1. The van der Waals surface area contributed by atoms with Gasteiger partial charge >= 0.3 is 27.6 Å². The fourth-order valence-electron chi connectivity index (χ4n) is 12.1. The van der Waals surface area contributed by atoms with Crippen molar-refractivity contribution in [3.63, 3.8) is 0 Å². The van der Waals surface area contributed by atoms with Gasteiger partial charge in [-0.1, -0.05) is 128 Å². The maximum atomic E-state index is 13.5. The summed E-state index contributed by atoms with van der Waals surface area (Å²) in [6, 6.07) is -8.76. The SMILES string of the molecule is CC(=O)NC1C(OP(=O)(O)OP(=O)(O)OCC=C(C)CCC=C(C)CCC=C(C)CCC=C(C)CCC=C(C)CCC=C(C)CCC=C(C)CCC=C(C)CCC=C(C)CCC=C(C)CCC=C(C)C)OC(CO)C(O)C1OC(C)C(=O)NC(C)C(=O)NC(CCC(=O)NC(CCCCN)C(=O)NC(C)C(=O)NC(C)C(=O)O)C(=O)O. The van der Waals surface area contributed by atoms with Gasteiger partial charge in [-0.3, -0.25) is 42.6 Å². The van der Waals surface area contributed by atoms with E-state index >= 15 is 0 Å². The third-order valence-electron chi connectivity index (χ3n) is 19.5. The van der Waals surface area contributed by atoms with Crippen LogP contribution in [-0.2, 0) is 70.3 Å². The van der Waals surface area contributed by atoms with Crippen molar-refractivity contribution in [1.82, 2.24) is 31.9 Å². The fourth-order valence-corrected chi connectivity index (χ4v) is 14.2. The molecule has 6 amide bonds. The zero-order valence-corrected chi connectivity index (χ0v) is 74.1. The summed E-state index contributed by atoms with van der Waals surface area (Å²) in [6.45, 7) is 30.6. The summed E-state index contributed by atoms with van der Waals surface area (Å²) >= 11 is 0. The van der Waals surface area contributed by atoms with E-state index in [4.69, 9.17) is 29.4 Å². The highest BCUT2D eigenvalue weighted by Gasteiger charge is 2.51. The molecule has 1 aliphatic heterocycles. The third kappa shape index (κ3) is 50.0. The number of carbonyl (C=O) groups excluding carboxylic acids is 6. The average Bonchev–Trinajstić information content (AvgIpc) is 0.782. The summed E-state index contributed by atoms with van der Waals surface area (Å²) < 4.78 is 52.4. The number of carboxylic acids is 2. The Morgan fingerprint density at radius 3 is 1.18 bits per heavy atom. The van der Waals surface area contributed by atoms with Crippen molar-refractivity contribution < 1.29 is 101 Å². The predicted octanol–water partition coefficient (Wildman–Crippen LogP) is 14.4. The number of aliphatic hydroxyl groups excluding tert-OH is 2. The van der Waals surface area contributed by atoms with Crippen molar-refractivity contribution in [3.05, 3.63) is 128 Å². The van der Waals surface area contributed by atoms with Gasteiger partial charge in [0.15, 0.2) is 6.29 Å². The number of hydrogen-bond acceptors (Lipinski definition) is 18. The Hall–Kier alpha value is -7.04. The number of rotatable bonds is 59. The number of phosphoric ester groups is 2. The highest BCUT2D eigenvalue weighted by atomic mass is 31.3. The molecule has 28 nitrogen and oxygen atoms in total. The zero-order chi connectivity index (χ0) is 87.7. The molecule has 1 heterocycles. The summed E-state index contributed by atoms with van der Waals surface area (Å²) in [5, 5.41) is 54.4. The van der Waals surface area contributed by atoms with Crippen LogP contribution in [0.15, 0.2) is 128 Å². The van der Waals surface area contributed by atoms with Crippen molar-refractivity contribution in [3.8, 4) is 0 Å². The molecule has 116 heavy (non-hydrogen) atoms. The van der Waals surface area contributed by atoms with Crippen LogP contribution in [0, 0.1) is 0 Å². The van der Waals surface area contributed by atoms with Crippen LogP contribution in [0.4, 0.5) is 0 Å². The van der Waals surface area contributed by atoms with E-state index in [9.17, 15) is 72.6 Å². The van der Waals surface area contributed by atoms with Gasteiger partial charge in [0.1, 0.15) is 60.7 Å². The van der Waals surface area contributed by atoms with Gasteiger partial charge in [-0.05, 0) is 271 Å². The lowest BCUT2D eigenvalue weighted by Gasteiger charge is -2.44. The van der Waals surface area contributed by atoms with Crippen molar-refractivity contribution in [1.29, 1.82) is 0 Å². The van der Waals surface area contributed by atoms with E-state index in [1.54, 1.807) is 6.92 Å². The monoisotopic (exact) mass is 1670 g/mol. The third-order valence-corrected chi connectivity index (χ3v) is 22.1. The first kappa shape index (κ1) is 107. The standard InChI is InChI=1S/C86H143N7O21P2/c1-57(2)30-20-31-58(3)32-21-33-59(4)34-22-35-60(5)36-23-37-61(6)38-24-39-62(7)40-25-41-63(8)42-26-43-64(9)44-27-45-65(10)46-28-47-66(11)48-29-49-67(12)53-55-110-115(106,107)114-116(108,109)113-86-77(91-72(17)95)79(78(97)75(56-94)112-86)111-71(16)82(100)88-69(14)81(99)93-74(85(104)105)51-52-76(96)92-73(50-18-19-54-87)83(101)89-68(13)80(98)90-70(15)84(102)103/h30,32,34,36,38,40,42,44,46,48,53,68-71,73-75,77-79,86,94,97H,18-29,31,33,35,37,39,41,43,45,47,49-52,54-56,87H2,1-17H3,(H,88,100)(H,89,101)(H,90,98)(H,91,95)(H,92,96)(H,93,99)(H,102,103)(H,104,105)(H,106,107)(H,108,109). The molecule has 0 aromatic carbocycles. The zero-order valence-electron chi connectivity index (χ0n) is 72.3. The number of allylic oxidation sites excluding steroid dienone is 21. The lowest BCUT2D eigenvalue weighted by molar-refractivity contribution is -0.261. The molecule has 0 aliphatic carbocycles. The van der Waals surface area contributed by atoms with Crippen LogP contribution >= 0.6 is 15.6 Å². The lowest BCUT2D eigenvalue weighted by atomic mass is 9.96. The molecule has 1 fully saturated rings. The van der Waals surface area contributed by atoms with Crippen LogP contribution in [0.1, 0.15) is 278 Å². The minimum absolute atomic E-state index is 0.0562. The van der Waals surface area contributed by atoms with Crippen LogP contribution in [-0.4, -0.2) is 164 Å². The molecule has 1 aliphatic rings. The second kappa shape index (κ2) is 58.8. The molecule has 0 spiro atoms. The van der Waals surface area contributed by atoms with Gasteiger partial charge in [0.2, 0.25) is 35.4 Å². The molecule has 0 bridgehead atoms. The van der Waals surface area contributed by atoms with E-state index in [2.05, 4.69) is 173 Å². The Labute approximate surface area is 691 Å². The van der Waals surface area contributed by atoms with E-state index < -0.39 is 156 Å². The number of ether oxygens (including phenoxy) is 2. The number of hydrogen-bond donors (Lipinski definition) is 13. The number of phosphoric acid groups is 2. The average molecular weight is 1670 g/mol. The van der Waals surface area contributed by atoms with Crippen LogP contribution in [0.25, 0.3) is 0 Å². The molecule has 0 saturated carbocycles. The summed E-state index contributed by atoms with van der Waals surface area (Å²) in [6.07, 6.45) is 35.9. The Kier molecular flexibility index (Phi) is 54.2. The first-order chi connectivity index (χ1) is 54.5. The van der Waals surface area contributed by atoms with Gasteiger partial charge in [-0.25, -0.2) is 13.9 Å². The Balaban J connectivity index is 2.69. The first-order valence-electron chi connectivity index (χ1n) is 40.9. The molecular weight excluding hydrogens is 1530 g/mol. The van der Waals surface area contributed by atoms with E-state index in [0.717, 1.165) is 142 Å². The minimum atomic E-state index is -5.74. The van der Waals surface area contributed by atoms with Gasteiger partial charge < -0.3 is 77.3 Å². The number of unbranched alkanes of at least 4 members (excludes halogenated alkanes) is 1. The highest BCUT2D eigenvalue weighted by Crippen LogP contribution is 2.61. The molecule has 0 radical (unpaired) electrons. The Morgan fingerprint density at radius 1 is 0.448 bits per heavy atom. The number of amides is 6.